The smallest absolute Gasteiger partial charge is 0.240 e. The third-order valence-corrected chi connectivity index (χ3v) is 5.18. The Labute approximate surface area is 149 Å². The van der Waals surface area contributed by atoms with Crippen LogP contribution in [0.25, 0.3) is 0 Å². The van der Waals surface area contributed by atoms with Gasteiger partial charge in [-0.3, -0.25) is 4.79 Å². The van der Waals surface area contributed by atoms with Crippen molar-refractivity contribution in [1.29, 1.82) is 0 Å². The number of halogens is 2. The van der Waals surface area contributed by atoms with Crippen molar-refractivity contribution in [2.75, 3.05) is 24.2 Å². The molecule has 0 bridgehead atoms. The minimum atomic E-state index is -0.280. The van der Waals surface area contributed by atoms with Crippen LogP contribution in [-0.4, -0.2) is 30.2 Å². The first-order valence-electron chi connectivity index (χ1n) is 7.57. The number of likely N-dealkylation sites (N-methyl/N-ethyl adjacent to an activating group) is 1. The third-order valence-electron chi connectivity index (χ3n) is 3.83. The molecule has 1 aromatic carbocycles. The molecule has 0 spiro atoms. The van der Waals surface area contributed by atoms with E-state index in [4.69, 9.17) is 11.6 Å². The lowest BCUT2D eigenvalue weighted by molar-refractivity contribution is -0.120. The molecule has 2 aromatic rings. The van der Waals surface area contributed by atoms with Crippen LogP contribution in [-0.2, 0) is 4.79 Å². The lowest BCUT2D eigenvalue weighted by atomic mass is 10.0. The summed E-state index contributed by atoms with van der Waals surface area (Å²) in [6.45, 7) is 0.170. The Morgan fingerprint density at radius 1 is 1.46 bits per heavy atom. The highest BCUT2D eigenvalue weighted by Gasteiger charge is 2.23. The number of hydrogen-bond acceptors (Lipinski definition) is 4. The molecule has 2 heterocycles. The first-order valence-corrected chi connectivity index (χ1v) is 8.93. The summed E-state index contributed by atoms with van der Waals surface area (Å²) in [6.07, 6.45) is 2.33. The van der Waals surface area contributed by atoms with E-state index in [0.29, 0.717) is 10.8 Å². The molecular weight excluding hydrogens is 349 g/mol. The molecule has 0 saturated heterocycles. The van der Waals surface area contributed by atoms with E-state index in [1.807, 2.05) is 0 Å². The monoisotopic (exact) mass is 365 g/mol. The number of hydrogen-bond donors (Lipinski definition) is 1. The largest absolute Gasteiger partial charge is 0.350 e. The molecule has 126 valence electrons. The minimum Gasteiger partial charge on any atom is -0.350 e. The van der Waals surface area contributed by atoms with E-state index in [0.717, 1.165) is 22.6 Å². The van der Waals surface area contributed by atoms with Crippen LogP contribution in [0.2, 0.25) is 5.02 Å². The number of thioether (sulfide) groups is 1. The molecule has 1 aliphatic heterocycles. The predicted octanol–water partition coefficient (Wildman–Crippen LogP) is 3.66. The van der Waals surface area contributed by atoms with Crippen molar-refractivity contribution in [2.45, 2.75) is 17.4 Å². The highest BCUT2D eigenvalue weighted by Crippen LogP contribution is 2.36. The molecule has 0 fully saturated rings. The first kappa shape index (κ1) is 17.0. The number of benzene rings is 1. The van der Waals surface area contributed by atoms with Gasteiger partial charge < -0.3 is 10.2 Å². The van der Waals surface area contributed by atoms with Crippen molar-refractivity contribution >= 4 is 35.1 Å². The van der Waals surface area contributed by atoms with Gasteiger partial charge in [0.25, 0.3) is 0 Å². The van der Waals surface area contributed by atoms with Crippen LogP contribution in [0.1, 0.15) is 18.0 Å². The van der Waals surface area contributed by atoms with Gasteiger partial charge in [-0.2, -0.15) is 0 Å². The van der Waals surface area contributed by atoms with Crippen molar-refractivity contribution < 1.29 is 9.18 Å². The number of amides is 1. The molecule has 0 unspecified atom stereocenters. The average Bonchev–Trinajstić information content (AvgIpc) is 2.56. The highest BCUT2D eigenvalue weighted by atomic mass is 35.5. The summed E-state index contributed by atoms with van der Waals surface area (Å²) in [5.74, 6) is 1.16. The quantitative estimate of drug-likeness (QED) is 0.898. The lowest BCUT2D eigenvalue weighted by Crippen LogP contribution is -2.38. The molecule has 1 N–H and O–H groups in total. The van der Waals surface area contributed by atoms with Gasteiger partial charge in [0.15, 0.2) is 0 Å². The number of fused-ring (bicyclic) bond motifs is 1. The molecule has 1 amide bonds. The molecule has 4 nitrogen and oxygen atoms in total. The summed E-state index contributed by atoms with van der Waals surface area (Å²) in [7, 11) is 1.79. The van der Waals surface area contributed by atoms with Crippen LogP contribution >= 0.6 is 23.4 Å². The highest BCUT2D eigenvalue weighted by molar-refractivity contribution is 7.99. The van der Waals surface area contributed by atoms with Gasteiger partial charge in [0.1, 0.15) is 11.6 Å². The molecular formula is C17H17ClFN3OS. The Morgan fingerprint density at radius 3 is 3.04 bits per heavy atom. The van der Waals surface area contributed by atoms with Gasteiger partial charge >= 0.3 is 0 Å². The molecule has 0 radical (unpaired) electrons. The summed E-state index contributed by atoms with van der Waals surface area (Å²) >= 11 is 7.51. The molecule has 1 aromatic heterocycles. The zero-order chi connectivity index (χ0) is 17.1. The van der Waals surface area contributed by atoms with Gasteiger partial charge in [0, 0.05) is 23.9 Å². The van der Waals surface area contributed by atoms with Gasteiger partial charge in [-0.05, 0) is 42.3 Å². The molecule has 24 heavy (non-hydrogen) atoms. The molecule has 1 atom stereocenters. The van der Waals surface area contributed by atoms with Gasteiger partial charge in [0.2, 0.25) is 5.91 Å². The first-order chi connectivity index (χ1) is 11.5. The molecule has 7 heteroatoms. The number of pyridine rings is 1. The van der Waals surface area contributed by atoms with Crippen molar-refractivity contribution in [1.82, 2.24) is 10.3 Å². The fraction of sp³-hybridized carbons (Fsp3) is 0.294. The second kappa shape index (κ2) is 7.40. The van der Waals surface area contributed by atoms with Crippen LogP contribution in [0.15, 0.2) is 41.4 Å². The Balaban J connectivity index is 1.65. The zero-order valence-corrected chi connectivity index (χ0v) is 14.7. The van der Waals surface area contributed by atoms with Gasteiger partial charge in [-0.1, -0.05) is 11.6 Å². The van der Waals surface area contributed by atoms with Crippen LogP contribution in [0, 0.1) is 5.82 Å². The second-order valence-electron chi connectivity index (χ2n) is 5.63. The summed E-state index contributed by atoms with van der Waals surface area (Å²) in [5, 5.41) is 3.55. The average molecular weight is 366 g/mol. The zero-order valence-electron chi connectivity index (χ0n) is 13.1. The fourth-order valence-corrected chi connectivity index (χ4v) is 3.86. The standard InChI is InChI=1S/C17H17ClFN3OS/c1-22(16-5-2-11(18)9-20-16)10-17(23)21-14-6-7-24-15-4-3-12(19)8-13(14)15/h2-5,8-9,14H,6-7,10H2,1H3,(H,21,23)/t14-/m1/s1. The normalized spacial score (nSPS) is 16.4. The topological polar surface area (TPSA) is 45.2 Å². The Bertz CT molecular complexity index is 741. The minimum absolute atomic E-state index is 0.124. The van der Waals surface area contributed by atoms with Crippen molar-refractivity contribution in [3.8, 4) is 0 Å². The SMILES string of the molecule is CN(CC(=O)N[C@@H]1CCSc2ccc(F)cc21)c1ccc(Cl)cn1. The predicted molar refractivity (Wildman–Crippen MR) is 95.1 cm³/mol. The lowest BCUT2D eigenvalue weighted by Gasteiger charge is -2.27. The van der Waals surface area contributed by atoms with E-state index >= 15 is 0 Å². The summed E-state index contributed by atoms with van der Waals surface area (Å²) < 4.78 is 13.5. The number of anilines is 1. The number of nitrogens with zero attached hydrogens (tertiary/aromatic N) is 2. The van der Waals surface area contributed by atoms with Crippen LogP contribution in [0.4, 0.5) is 10.2 Å². The van der Waals surface area contributed by atoms with Gasteiger partial charge in [-0.15, -0.1) is 11.8 Å². The van der Waals surface area contributed by atoms with Crippen molar-refractivity contribution in [3.05, 3.63) is 52.9 Å². The number of carbonyl (C=O) groups is 1. The van der Waals surface area contributed by atoms with Crippen LogP contribution in [0.3, 0.4) is 0 Å². The molecule has 3 rings (SSSR count). The maximum Gasteiger partial charge on any atom is 0.240 e. The number of carbonyl (C=O) groups excluding carboxylic acids is 1. The van der Waals surface area contributed by atoms with Crippen molar-refractivity contribution in [3.63, 3.8) is 0 Å². The van der Waals surface area contributed by atoms with E-state index < -0.39 is 0 Å². The maximum absolute atomic E-state index is 13.5. The van der Waals surface area contributed by atoms with Crippen molar-refractivity contribution in [2.24, 2.45) is 0 Å². The van der Waals surface area contributed by atoms with Gasteiger partial charge in [-0.25, -0.2) is 9.37 Å². The van der Waals surface area contributed by atoms with E-state index in [1.165, 1.54) is 12.1 Å². The number of aromatic nitrogens is 1. The summed E-state index contributed by atoms with van der Waals surface area (Å²) in [6, 6.07) is 8.08. The van der Waals surface area contributed by atoms with E-state index in [1.54, 1.807) is 48.1 Å². The molecule has 0 aliphatic carbocycles. The Morgan fingerprint density at radius 2 is 2.29 bits per heavy atom. The van der Waals surface area contributed by atoms with Crippen LogP contribution in [0.5, 0.6) is 0 Å². The Kier molecular flexibility index (Phi) is 5.26. The van der Waals surface area contributed by atoms with Gasteiger partial charge in [0.05, 0.1) is 17.6 Å². The Hall–Kier alpha value is -1.79. The van der Waals surface area contributed by atoms with E-state index in [9.17, 15) is 9.18 Å². The summed E-state index contributed by atoms with van der Waals surface area (Å²) in [5.41, 5.74) is 0.854. The third kappa shape index (κ3) is 3.99. The molecule has 1 aliphatic rings. The maximum atomic E-state index is 13.5. The summed E-state index contributed by atoms with van der Waals surface area (Å²) in [4.78, 5) is 19.3. The second-order valence-corrected chi connectivity index (χ2v) is 7.20. The molecule has 0 saturated carbocycles. The van der Waals surface area contributed by atoms with E-state index in [-0.39, 0.29) is 24.3 Å². The fourth-order valence-electron chi connectivity index (χ4n) is 2.65. The number of rotatable bonds is 4. The number of nitrogens with one attached hydrogen (secondary N) is 1. The van der Waals surface area contributed by atoms with E-state index in [2.05, 4.69) is 10.3 Å². The van der Waals surface area contributed by atoms with Crippen LogP contribution < -0.4 is 10.2 Å².